The summed E-state index contributed by atoms with van der Waals surface area (Å²) in [5.74, 6) is 0.200. The number of piperidine rings is 2. The lowest BCUT2D eigenvalue weighted by molar-refractivity contribution is -0.138. The molecule has 1 atom stereocenters. The molecule has 37 heavy (non-hydrogen) atoms. The Labute approximate surface area is 218 Å². The molecule has 1 unspecified atom stereocenters. The Kier molecular flexibility index (Phi) is 6.79. The zero-order valence-corrected chi connectivity index (χ0v) is 21.1. The number of rotatable bonds is 5. The Morgan fingerprint density at radius 1 is 0.919 bits per heavy atom. The molecule has 4 heterocycles. The molecule has 6 nitrogen and oxygen atoms in total. The fourth-order valence-corrected chi connectivity index (χ4v) is 6.17. The maximum atomic E-state index is 14.0. The summed E-state index contributed by atoms with van der Waals surface area (Å²) in [7, 11) is 0. The van der Waals surface area contributed by atoms with Crippen molar-refractivity contribution in [3.63, 3.8) is 0 Å². The van der Waals surface area contributed by atoms with Crippen LogP contribution in [0, 0.1) is 11.7 Å². The first-order valence-electron chi connectivity index (χ1n) is 13.5. The second kappa shape index (κ2) is 10.5. The van der Waals surface area contributed by atoms with E-state index in [2.05, 4.69) is 55.3 Å². The third kappa shape index (κ3) is 5.05. The molecule has 1 amide bonds. The topological polar surface area (TPSA) is 51.7 Å². The lowest BCUT2D eigenvalue weighted by Crippen LogP contribution is -2.50. The predicted octanol–water partition coefficient (Wildman–Crippen LogP) is 5.05. The first kappa shape index (κ1) is 23.9. The van der Waals surface area contributed by atoms with Gasteiger partial charge < -0.3 is 15.1 Å². The zero-order valence-electron chi connectivity index (χ0n) is 21.1. The highest BCUT2D eigenvalue weighted by Gasteiger charge is 2.39. The van der Waals surface area contributed by atoms with E-state index in [1.807, 2.05) is 24.3 Å². The third-order valence-electron chi connectivity index (χ3n) is 8.13. The third-order valence-corrected chi connectivity index (χ3v) is 8.13. The molecule has 7 heteroatoms. The summed E-state index contributed by atoms with van der Waals surface area (Å²) in [5, 5.41) is 3.48. The molecule has 6 rings (SSSR count). The van der Waals surface area contributed by atoms with Crippen LogP contribution in [0.1, 0.15) is 43.1 Å². The molecule has 0 spiro atoms. The van der Waals surface area contributed by atoms with E-state index < -0.39 is 0 Å². The number of hydrogen-bond donors (Lipinski definition) is 1. The van der Waals surface area contributed by atoms with E-state index >= 15 is 0 Å². The quantitative estimate of drug-likeness (QED) is 0.532. The van der Waals surface area contributed by atoms with Crippen LogP contribution in [0.4, 0.5) is 15.8 Å². The summed E-state index contributed by atoms with van der Waals surface area (Å²) in [5.41, 5.74) is 4.06. The minimum Gasteiger partial charge on any atom is -0.358 e. The number of nitrogens with zero attached hydrogens (tertiary/aromatic N) is 4. The second-order valence-corrected chi connectivity index (χ2v) is 10.5. The van der Waals surface area contributed by atoms with Gasteiger partial charge in [0.2, 0.25) is 5.91 Å². The van der Waals surface area contributed by atoms with Gasteiger partial charge in [0.05, 0.1) is 17.1 Å². The molecular formula is C30H34FN5O. The van der Waals surface area contributed by atoms with Crippen molar-refractivity contribution >= 4 is 17.3 Å². The fraction of sp³-hybridized carbons (Fsp3) is 0.400. The summed E-state index contributed by atoms with van der Waals surface area (Å²) in [6, 6.07) is 21.7. The number of aromatic nitrogens is 1. The summed E-state index contributed by atoms with van der Waals surface area (Å²) in [4.78, 5) is 24.9. The number of halogens is 1. The second-order valence-electron chi connectivity index (χ2n) is 10.5. The van der Waals surface area contributed by atoms with Gasteiger partial charge in [0.1, 0.15) is 12.0 Å². The van der Waals surface area contributed by atoms with Crippen molar-refractivity contribution in [1.29, 1.82) is 0 Å². The van der Waals surface area contributed by atoms with Gasteiger partial charge in [0.25, 0.3) is 0 Å². The smallest absolute Gasteiger partial charge is 0.225 e. The maximum Gasteiger partial charge on any atom is 0.225 e. The van der Waals surface area contributed by atoms with Crippen molar-refractivity contribution in [1.82, 2.24) is 14.8 Å². The molecule has 2 saturated heterocycles. The summed E-state index contributed by atoms with van der Waals surface area (Å²) >= 11 is 0. The van der Waals surface area contributed by atoms with Crippen LogP contribution in [0.5, 0.6) is 0 Å². The van der Waals surface area contributed by atoms with Crippen LogP contribution in [-0.4, -0.2) is 52.9 Å². The van der Waals surface area contributed by atoms with Crippen molar-refractivity contribution in [2.24, 2.45) is 5.92 Å². The van der Waals surface area contributed by atoms with Crippen LogP contribution >= 0.6 is 0 Å². The molecule has 0 radical (unpaired) electrons. The Morgan fingerprint density at radius 2 is 1.68 bits per heavy atom. The van der Waals surface area contributed by atoms with Gasteiger partial charge in [-0.1, -0.05) is 36.4 Å². The molecule has 0 bridgehead atoms. The normalized spacial score (nSPS) is 21.1. The molecule has 3 aliphatic heterocycles. The Morgan fingerprint density at radius 3 is 2.41 bits per heavy atom. The van der Waals surface area contributed by atoms with Crippen molar-refractivity contribution in [2.75, 3.05) is 36.4 Å². The van der Waals surface area contributed by atoms with E-state index in [4.69, 9.17) is 0 Å². The SMILES string of the molecule is O=C(C1CCN(Cc2ccccc2)CC1)N1CCC(N2c3ccc(F)cc3NC2c2ccccn2)CC1. The number of anilines is 2. The number of likely N-dealkylation sites (tertiary alicyclic amines) is 2. The molecule has 192 valence electrons. The summed E-state index contributed by atoms with van der Waals surface area (Å²) in [6.07, 6.45) is 5.30. The molecule has 3 aromatic rings. The lowest BCUT2D eigenvalue weighted by atomic mass is 9.93. The molecule has 3 aliphatic rings. The van der Waals surface area contributed by atoms with E-state index in [9.17, 15) is 9.18 Å². The van der Waals surface area contributed by atoms with Gasteiger partial charge in [0, 0.05) is 37.8 Å². The number of benzene rings is 2. The number of carbonyl (C=O) groups excluding carboxylic acids is 1. The number of fused-ring (bicyclic) bond motifs is 1. The van der Waals surface area contributed by atoms with Crippen molar-refractivity contribution in [3.8, 4) is 0 Å². The van der Waals surface area contributed by atoms with E-state index in [0.717, 1.165) is 75.5 Å². The summed E-state index contributed by atoms with van der Waals surface area (Å²) < 4.78 is 14.0. The molecule has 2 aromatic carbocycles. The van der Waals surface area contributed by atoms with Gasteiger partial charge in [-0.25, -0.2) is 4.39 Å². The number of pyridine rings is 1. The van der Waals surface area contributed by atoms with Gasteiger partial charge in [-0.2, -0.15) is 0 Å². The molecule has 2 fully saturated rings. The monoisotopic (exact) mass is 499 g/mol. The number of hydrogen-bond acceptors (Lipinski definition) is 5. The Bertz CT molecular complexity index is 1210. The molecule has 1 N–H and O–H groups in total. The van der Waals surface area contributed by atoms with Crippen LogP contribution < -0.4 is 10.2 Å². The van der Waals surface area contributed by atoms with E-state index in [-0.39, 0.29) is 23.9 Å². The fourth-order valence-electron chi connectivity index (χ4n) is 6.17. The number of amides is 1. The first-order valence-corrected chi connectivity index (χ1v) is 13.5. The number of nitrogens with one attached hydrogen (secondary N) is 1. The van der Waals surface area contributed by atoms with E-state index in [0.29, 0.717) is 5.91 Å². The summed E-state index contributed by atoms with van der Waals surface area (Å²) in [6.45, 7) is 4.42. The van der Waals surface area contributed by atoms with Gasteiger partial charge in [-0.15, -0.1) is 0 Å². The van der Waals surface area contributed by atoms with Gasteiger partial charge >= 0.3 is 0 Å². The predicted molar refractivity (Wildman–Crippen MR) is 144 cm³/mol. The van der Waals surface area contributed by atoms with Crippen LogP contribution in [0.25, 0.3) is 0 Å². The van der Waals surface area contributed by atoms with Crippen molar-refractivity contribution < 1.29 is 9.18 Å². The van der Waals surface area contributed by atoms with Crippen LogP contribution in [0.15, 0.2) is 72.9 Å². The van der Waals surface area contributed by atoms with Crippen molar-refractivity contribution in [3.05, 3.63) is 90.0 Å². The highest BCUT2D eigenvalue weighted by Crippen LogP contribution is 2.44. The van der Waals surface area contributed by atoms with Gasteiger partial charge in [-0.05, 0) is 74.7 Å². The first-order chi connectivity index (χ1) is 18.2. The standard InChI is InChI=1S/C30H34FN5O/c31-24-9-10-28-27(20-24)33-29(26-8-4-5-15-32-26)36(28)25-13-18-35(19-14-25)30(37)23-11-16-34(17-12-23)21-22-6-2-1-3-7-22/h1-10,15,20,23,25,29,33H,11-14,16-19,21H2. The van der Waals surface area contributed by atoms with Crippen LogP contribution in [0.2, 0.25) is 0 Å². The molecule has 0 aliphatic carbocycles. The Hall–Kier alpha value is -3.45. The van der Waals surface area contributed by atoms with E-state index in [1.165, 1.54) is 11.6 Å². The van der Waals surface area contributed by atoms with Crippen LogP contribution in [0.3, 0.4) is 0 Å². The molecule has 0 saturated carbocycles. The zero-order chi connectivity index (χ0) is 25.2. The van der Waals surface area contributed by atoms with Crippen LogP contribution in [-0.2, 0) is 11.3 Å². The van der Waals surface area contributed by atoms with Gasteiger partial charge in [0.15, 0.2) is 0 Å². The number of carbonyl (C=O) groups is 1. The minimum absolute atomic E-state index is 0.127. The largest absolute Gasteiger partial charge is 0.358 e. The highest BCUT2D eigenvalue weighted by atomic mass is 19.1. The van der Waals surface area contributed by atoms with Crippen molar-refractivity contribution in [2.45, 2.75) is 44.4 Å². The molecule has 1 aromatic heterocycles. The van der Waals surface area contributed by atoms with Gasteiger partial charge in [-0.3, -0.25) is 14.7 Å². The lowest BCUT2D eigenvalue weighted by Gasteiger charge is -2.42. The average molecular weight is 500 g/mol. The maximum absolute atomic E-state index is 14.0. The minimum atomic E-state index is -0.247. The van der Waals surface area contributed by atoms with E-state index in [1.54, 1.807) is 12.3 Å². The molecular weight excluding hydrogens is 465 g/mol. The average Bonchev–Trinajstić information content (AvgIpc) is 3.33. The Balaban J connectivity index is 1.08. The highest BCUT2D eigenvalue weighted by molar-refractivity contribution is 5.79.